The Balaban J connectivity index is 1.55. The predicted molar refractivity (Wildman–Crippen MR) is 87.8 cm³/mol. The molecule has 23 heavy (non-hydrogen) atoms. The number of nitrogens with zero attached hydrogens (tertiary/aromatic N) is 2. The number of amides is 1. The summed E-state index contributed by atoms with van der Waals surface area (Å²) in [5, 5.41) is 13.2. The van der Waals surface area contributed by atoms with Gasteiger partial charge in [0.05, 0.1) is 5.60 Å². The molecule has 5 nitrogen and oxygen atoms in total. The number of nitrogens with one attached hydrogen (secondary N) is 1. The molecule has 1 fully saturated rings. The van der Waals surface area contributed by atoms with Crippen LogP contribution in [0.15, 0.2) is 43.0 Å². The van der Waals surface area contributed by atoms with Crippen LogP contribution < -0.4 is 5.32 Å². The predicted octanol–water partition coefficient (Wildman–Crippen LogP) is 2.57. The zero-order valence-corrected chi connectivity index (χ0v) is 13.0. The summed E-state index contributed by atoms with van der Waals surface area (Å²) in [6, 6.07) is 7.36. The van der Waals surface area contributed by atoms with Gasteiger partial charge in [0.15, 0.2) is 0 Å². The fourth-order valence-electron chi connectivity index (χ4n) is 3.06. The van der Waals surface area contributed by atoms with Crippen molar-refractivity contribution in [1.82, 2.24) is 15.3 Å². The molecule has 1 aliphatic rings. The van der Waals surface area contributed by atoms with Crippen LogP contribution >= 0.6 is 0 Å². The van der Waals surface area contributed by atoms with Crippen LogP contribution in [0.25, 0.3) is 11.1 Å². The molecule has 1 amide bonds. The first kappa shape index (κ1) is 15.6. The molecule has 1 heterocycles. The molecule has 0 saturated heterocycles. The van der Waals surface area contributed by atoms with Gasteiger partial charge in [0.25, 0.3) is 5.91 Å². The SMILES string of the molecule is O=C(NCCC1(O)CCCC1)c1ccc(-c2cncnc2)cc1. The summed E-state index contributed by atoms with van der Waals surface area (Å²) in [4.78, 5) is 20.1. The minimum absolute atomic E-state index is 0.109. The summed E-state index contributed by atoms with van der Waals surface area (Å²) in [6.07, 6.45) is 9.44. The zero-order valence-electron chi connectivity index (χ0n) is 13.0. The highest BCUT2D eigenvalue weighted by molar-refractivity contribution is 5.94. The first-order chi connectivity index (χ1) is 11.2. The lowest BCUT2D eigenvalue weighted by atomic mass is 9.98. The van der Waals surface area contributed by atoms with E-state index >= 15 is 0 Å². The highest BCUT2D eigenvalue weighted by Crippen LogP contribution is 2.31. The van der Waals surface area contributed by atoms with Crippen molar-refractivity contribution in [2.24, 2.45) is 0 Å². The van der Waals surface area contributed by atoms with E-state index in [1.807, 2.05) is 12.1 Å². The maximum Gasteiger partial charge on any atom is 0.251 e. The third-order valence-corrected chi connectivity index (χ3v) is 4.45. The van der Waals surface area contributed by atoms with Gasteiger partial charge in [-0.25, -0.2) is 9.97 Å². The average molecular weight is 311 g/mol. The lowest BCUT2D eigenvalue weighted by Crippen LogP contribution is -2.32. The molecule has 5 heteroatoms. The van der Waals surface area contributed by atoms with Gasteiger partial charge < -0.3 is 10.4 Å². The van der Waals surface area contributed by atoms with Crippen molar-refractivity contribution in [3.05, 3.63) is 48.5 Å². The highest BCUT2D eigenvalue weighted by Gasteiger charge is 2.30. The zero-order chi connectivity index (χ0) is 16.1. The van der Waals surface area contributed by atoms with Crippen molar-refractivity contribution >= 4 is 5.91 Å². The fourth-order valence-corrected chi connectivity index (χ4v) is 3.06. The van der Waals surface area contributed by atoms with Crippen LogP contribution in [0.5, 0.6) is 0 Å². The number of aromatic nitrogens is 2. The molecule has 0 bridgehead atoms. The van der Waals surface area contributed by atoms with Gasteiger partial charge in [-0.05, 0) is 37.0 Å². The van der Waals surface area contributed by atoms with E-state index < -0.39 is 5.60 Å². The third kappa shape index (κ3) is 3.93. The molecule has 0 radical (unpaired) electrons. The van der Waals surface area contributed by atoms with Crippen molar-refractivity contribution in [1.29, 1.82) is 0 Å². The molecular weight excluding hydrogens is 290 g/mol. The van der Waals surface area contributed by atoms with Gasteiger partial charge in [0.1, 0.15) is 6.33 Å². The van der Waals surface area contributed by atoms with Crippen molar-refractivity contribution < 1.29 is 9.90 Å². The molecule has 0 aliphatic heterocycles. The summed E-state index contributed by atoms with van der Waals surface area (Å²) in [7, 11) is 0. The van der Waals surface area contributed by atoms with Gasteiger partial charge in [-0.15, -0.1) is 0 Å². The molecule has 0 unspecified atom stereocenters. The Kier molecular flexibility index (Phi) is 4.67. The van der Waals surface area contributed by atoms with Crippen LogP contribution in [0.1, 0.15) is 42.5 Å². The smallest absolute Gasteiger partial charge is 0.251 e. The summed E-state index contributed by atoms with van der Waals surface area (Å²) in [5.41, 5.74) is 1.93. The normalized spacial score (nSPS) is 16.2. The molecule has 1 saturated carbocycles. The van der Waals surface area contributed by atoms with Gasteiger partial charge in [-0.3, -0.25) is 4.79 Å². The van der Waals surface area contributed by atoms with Crippen LogP contribution in [-0.2, 0) is 0 Å². The van der Waals surface area contributed by atoms with Crippen molar-refractivity contribution in [2.75, 3.05) is 6.54 Å². The minimum atomic E-state index is -0.579. The van der Waals surface area contributed by atoms with Crippen molar-refractivity contribution in [3.8, 4) is 11.1 Å². The minimum Gasteiger partial charge on any atom is -0.390 e. The van der Waals surface area contributed by atoms with Gasteiger partial charge in [-0.2, -0.15) is 0 Å². The first-order valence-electron chi connectivity index (χ1n) is 8.02. The summed E-state index contributed by atoms with van der Waals surface area (Å²) >= 11 is 0. The Labute approximate surface area is 135 Å². The van der Waals surface area contributed by atoms with Crippen LogP contribution in [0.2, 0.25) is 0 Å². The maximum atomic E-state index is 12.2. The van der Waals surface area contributed by atoms with E-state index in [2.05, 4.69) is 15.3 Å². The van der Waals surface area contributed by atoms with Gasteiger partial charge >= 0.3 is 0 Å². The number of hydrogen-bond donors (Lipinski definition) is 2. The van der Waals surface area contributed by atoms with Crippen molar-refractivity contribution in [3.63, 3.8) is 0 Å². The van der Waals surface area contributed by atoms with Crippen molar-refractivity contribution in [2.45, 2.75) is 37.7 Å². The summed E-state index contributed by atoms with van der Waals surface area (Å²) in [6.45, 7) is 0.504. The molecule has 1 aromatic carbocycles. The summed E-state index contributed by atoms with van der Waals surface area (Å²) < 4.78 is 0. The highest BCUT2D eigenvalue weighted by atomic mass is 16.3. The van der Waals surface area contributed by atoms with Crippen LogP contribution in [-0.4, -0.2) is 33.1 Å². The van der Waals surface area contributed by atoms with Crippen LogP contribution in [0, 0.1) is 0 Å². The monoisotopic (exact) mass is 311 g/mol. The quantitative estimate of drug-likeness (QED) is 0.890. The second kappa shape index (κ2) is 6.87. The molecule has 120 valence electrons. The second-order valence-corrected chi connectivity index (χ2v) is 6.14. The Hall–Kier alpha value is -2.27. The lowest BCUT2D eigenvalue weighted by molar-refractivity contribution is 0.0389. The number of carbonyl (C=O) groups is 1. The number of carbonyl (C=O) groups excluding carboxylic acids is 1. The van der Waals surface area contributed by atoms with Gasteiger partial charge in [-0.1, -0.05) is 25.0 Å². The molecule has 2 N–H and O–H groups in total. The molecule has 1 aromatic heterocycles. The maximum absolute atomic E-state index is 12.2. The molecule has 0 atom stereocenters. The third-order valence-electron chi connectivity index (χ3n) is 4.45. The van der Waals surface area contributed by atoms with E-state index in [1.165, 1.54) is 6.33 Å². The van der Waals surface area contributed by atoms with Crippen LogP contribution in [0.3, 0.4) is 0 Å². The summed E-state index contributed by atoms with van der Waals surface area (Å²) in [5.74, 6) is -0.109. The first-order valence-corrected chi connectivity index (χ1v) is 8.02. The Morgan fingerprint density at radius 1 is 1.09 bits per heavy atom. The topological polar surface area (TPSA) is 75.1 Å². The molecular formula is C18H21N3O2. The van der Waals surface area contributed by atoms with E-state index in [0.717, 1.165) is 36.8 Å². The van der Waals surface area contributed by atoms with Crippen LogP contribution in [0.4, 0.5) is 0 Å². The number of rotatable bonds is 5. The molecule has 3 rings (SSSR count). The van der Waals surface area contributed by atoms with Gasteiger partial charge in [0.2, 0.25) is 0 Å². The van der Waals surface area contributed by atoms with E-state index in [-0.39, 0.29) is 5.91 Å². The van der Waals surface area contributed by atoms with E-state index in [0.29, 0.717) is 18.5 Å². The average Bonchev–Trinajstić information content (AvgIpc) is 3.02. The van der Waals surface area contributed by atoms with E-state index in [9.17, 15) is 9.90 Å². The van der Waals surface area contributed by atoms with Gasteiger partial charge in [0, 0.05) is 30.1 Å². The number of aliphatic hydroxyl groups is 1. The van der Waals surface area contributed by atoms with E-state index in [4.69, 9.17) is 0 Å². The molecule has 2 aromatic rings. The standard InChI is InChI=1S/C18H21N3O2/c22-17(21-10-9-18(23)7-1-2-8-18)15-5-3-14(4-6-15)16-11-19-13-20-12-16/h3-6,11-13,23H,1-2,7-10H2,(H,21,22). The van der Waals surface area contributed by atoms with E-state index in [1.54, 1.807) is 24.5 Å². The number of hydrogen-bond acceptors (Lipinski definition) is 4. The molecule has 1 aliphatic carbocycles. The number of benzene rings is 1. The largest absolute Gasteiger partial charge is 0.390 e. The molecule has 0 spiro atoms. The second-order valence-electron chi connectivity index (χ2n) is 6.14. The Morgan fingerprint density at radius 3 is 2.39 bits per heavy atom. The fraction of sp³-hybridized carbons (Fsp3) is 0.389. The Bertz CT molecular complexity index is 650. The lowest BCUT2D eigenvalue weighted by Gasteiger charge is -2.21. The Morgan fingerprint density at radius 2 is 1.74 bits per heavy atom.